The Balaban J connectivity index is 2.25. The molecule has 1 aromatic rings. The molecule has 0 aliphatic heterocycles. The summed E-state index contributed by atoms with van der Waals surface area (Å²) in [4.78, 5) is 0. The van der Waals surface area contributed by atoms with E-state index in [9.17, 15) is 5.11 Å². The second-order valence-corrected chi connectivity index (χ2v) is 5.07. The second-order valence-electron chi connectivity index (χ2n) is 5.07. The van der Waals surface area contributed by atoms with E-state index in [-0.39, 0.29) is 6.10 Å². The Morgan fingerprint density at radius 3 is 2.75 bits per heavy atom. The van der Waals surface area contributed by atoms with Gasteiger partial charge < -0.3 is 5.11 Å². The summed E-state index contributed by atoms with van der Waals surface area (Å²) in [6.07, 6.45) is 3.97. The molecule has 16 heavy (non-hydrogen) atoms. The highest BCUT2D eigenvalue weighted by molar-refractivity contribution is 5.08. The lowest BCUT2D eigenvalue weighted by atomic mass is 9.81. The van der Waals surface area contributed by atoms with Crippen molar-refractivity contribution in [3.05, 3.63) is 17.5 Å². The minimum absolute atomic E-state index is 0.142. The highest BCUT2D eigenvalue weighted by Crippen LogP contribution is 2.36. The van der Waals surface area contributed by atoms with Gasteiger partial charge >= 0.3 is 0 Å². The fourth-order valence-electron chi connectivity index (χ4n) is 2.95. The van der Waals surface area contributed by atoms with Crippen molar-refractivity contribution in [2.24, 2.45) is 5.92 Å². The second kappa shape index (κ2) is 4.58. The fourth-order valence-corrected chi connectivity index (χ4v) is 2.95. The average Bonchev–Trinajstić information content (AvgIpc) is 2.57. The highest BCUT2D eigenvalue weighted by atomic mass is 16.3. The van der Waals surface area contributed by atoms with E-state index in [1.807, 2.05) is 6.92 Å². The van der Waals surface area contributed by atoms with Crippen molar-refractivity contribution in [2.75, 3.05) is 0 Å². The topological polar surface area (TPSA) is 38.0 Å². The predicted octanol–water partition coefficient (Wildman–Crippen LogP) is 2.61. The number of hydrogen-bond donors (Lipinski definition) is 1. The van der Waals surface area contributed by atoms with E-state index in [1.165, 1.54) is 12.1 Å². The summed E-state index contributed by atoms with van der Waals surface area (Å²) in [7, 11) is 0. The Kier molecular flexibility index (Phi) is 3.33. The summed E-state index contributed by atoms with van der Waals surface area (Å²) >= 11 is 0. The van der Waals surface area contributed by atoms with Gasteiger partial charge in [-0.3, -0.25) is 4.68 Å². The fraction of sp³-hybridized carbons (Fsp3) is 0.769. The Bertz CT molecular complexity index is 359. The summed E-state index contributed by atoms with van der Waals surface area (Å²) in [5, 5.41) is 14.4. The maximum atomic E-state index is 9.81. The maximum Gasteiger partial charge on any atom is 0.0596 e. The van der Waals surface area contributed by atoms with Gasteiger partial charge in [-0.1, -0.05) is 13.3 Å². The van der Waals surface area contributed by atoms with Gasteiger partial charge in [0.15, 0.2) is 0 Å². The normalized spacial score (nSPS) is 30.6. The van der Waals surface area contributed by atoms with Crippen molar-refractivity contribution in [1.82, 2.24) is 9.78 Å². The van der Waals surface area contributed by atoms with Crippen molar-refractivity contribution in [1.29, 1.82) is 0 Å². The van der Waals surface area contributed by atoms with E-state index < -0.39 is 0 Å². The molecule has 0 radical (unpaired) electrons. The summed E-state index contributed by atoms with van der Waals surface area (Å²) in [6, 6.07) is 2.51. The first-order valence-corrected chi connectivity index (χ1v) is 6.32. The molecule has 0 saturated heterocycles. The van der Waals surface area contributed by atoms with E-state index in [4.69, 9.17) is 0 Å². The molecule has 1 saturated carbocycles. The van der Waals surface area contributed by atoms with Crippen LogP contribution in [0.4, 0.5) is 0 Å². The van der Waals surface area contributed by atoms with E-state index in [0.717, 1.165) is 25.0 Å². The molecule has 3 nitrogen and oxygen atoms in total. The summed E-state index contributed by atoms with van der Waals surface area (Å²) in [5.41, 5.74) is 2.29. The van der Waals surface area contributed by atoms with Crippen molar-refractivity contribution >= 4 is 0 Å². The third-order valence-electron chi connectivity index (χ3n) is 3.81. The van der Waals surface area contributed by atoms with Gasteiger partial charge in [-0.2, -0.15) is 5.10 Å². The van der Waals surface area contributed by atoms with Crippen LogP contribution in [0, 0.1) is 19.8 Å². The monoisotopic (exact) mass is 222 g/mol. The molecule has 2 rings (SSSR count). The molecule has 0 spiro atoms. The molecule has 3 atom stereocenters. The summed E-state index contributed by atoms with van der Waals surface area (Å²) in [6.45, 7) is 6.37. The zero-order chi connectivity index (χ0) is 11.7. The van der Waals surface area contributed by atoms with E-state index in [0.29, 0.717) is 12.0 Å². The molecule has 3 unspecified atom stereocenters. The molecule has 1 N–H and O–H groups in total. The summed E-state index contributed by atoms with van der Waals surface area (Å²) in [5.74, 6) is 0.668. The van der Waals surface area contributed by atoms with Gasteiger partial charge in [-0.05, 0) is 45.1 Å². The van der Waals surface area contributed by atoms with Gasteiger partial charge in [0.1, 0.15) is 0 Å². The molecule has 3 heteroatoms. The number of rotatable bonds is 2. The first kappa shape index (κ1) is 11.6. The Morgan fingerprint density at radius 1 is 1.44 bits per heavy atom. The smallest absolute Gasteiger partial charge is 0.0596 e. The van der Waals surface area contributed by atoms with Crippen LogP contribution in [0.15, 0.2) is 6.07 Å². The number of nitrogens with zero attached hydrogens (tertiary/aromatic N) is 2. The van der Waals surface area contributed by atoms with Crippen molar-refractivity contribution in [3.63, 3.8) is 0 Å². The van der Waals surface area contributed by atoms with Gasteiger partial charge in [0, 0.05) is 5.69 Å². The number of hydrogen-bond acceptors (Lipinski definition) is 2. The molecular weight excluding hydrogens is 200 g/mol. The standard InChI is InChI=1S/C13H22N2O/c1-4-11-5-6-12(16)8-13(11)15-10(3)7-9(2)14-15/h7,11-13,16H,4-6,8H2,1-3H3. The molecule has 1 fully saturated rings. The molecule has 0 amide bonds. The van der Waals surface area contributed by atoms with Gasteiger partial charge in [0.2, 0.25) is 0 Å². The Labute approximate surface area is 97.5 Å². The van der Waals surface area contributed by atoms with Crippen molar-refractivity contribution in [3.8, 4) is 0 Å². The third-order valence-corrected chi connectivity index (χ3v) is 3.81. The van der Waals surface area contributed by atoms with Crippen molar-refractivity contribution < 1.29 is 5.11 Å². The molecule has 90 valence electrons. The van der Waals surface area contributed by atoms with Gasteiger partial charge in [0.05, 0.1) is 17.8 Å². The SMILES string of the molecule is CCC1CCC(O)CC1n1nc(C)cc1C. The van der Waals surface area contributed by atoms with Crippen molar-refractivity contribution in [2.45, 2.75) is 58.6 Å². The summed E-state index contributed by atoms with van der Waals surface area (Å²) < 4.78 is 2.13. The lowest BCUT2D eigenvalue weighted by Crippen LogP contribution is -2.31. The quantitative estimate of drug-likeness (QED) is 0.835. The number of aliphatic hydroxyl groups excluding tert-OH is 1. The number of aromatic nitrogens is 2. The van der Waals surface area contributed by atoms with Crippen LogP contribution in [0.2, 0.25) is 0 Å². The van der Waals surface area contributed by atoms with Crippen LogP contribution in [0.3, 0.4) is 0 Å². The first-order chi connectivity index (χ1) is 7.61. The average molecular weight is 222 g/mol. The Morgan fingerprint density at radius 2 is 2.19 bits per heavy atom. The molecule has 0 aromatic carbocycles. The van der Waals surface area contributed by atoms with Crippen LogP contribution in [0.5, 0.6) is 0 Å². The van der Waals surface area contributed by atoms with Crippen LogP contribution < -0.4 is 0 Å². The first-order valence-electron chi connectivity index (χ1n) is 6.32. The molecule has 1 aromatic heterocycles. The molecular formula is C13H22N2O. The van der Waals surface area contributed by atoms with Crippen LogP contribution in [0.1, 0.15) is 50.0 Å². The predicted molar refractivity (Wildman–Crippen MR) is 64.4 cm³/mol. The van der Waals surface area contributed by atoms with E-state index in [1.54, 1.807) is 0 Å². The van der Waals surface area contributed by atoms with Gasteiger partial charge in [-0.25, -0.2) is 0 Å². The number of aliphatic hydroxyl groups is 1. The Hall–Kier alpha value is -0.830. The largest absolute Gasteiger partial charge is 0.393 e. The molecule has 1 heterocycles. The van der Waals surface area contributed by atoms with E-state index in [2.05, 4.69) is 29.7 Å². The van der Waals surface area contributed by atoms with Crippen LogP contribution in [-0.4, -0.2) is 21.0 Å². The van der Waals surface area contributed by atoms with Crippen LogP contribution in [0.25, 0.3) is 0 Å². The lowest BCUT2D eigenvalue weighted by molar-refractivity contribution is 0.0659. The zero-order valence-corrected chi connectivity index (χ0v) is 10.5. The highest BCUT2D eigenvalue weighted by Gasteiger charge is 2.30. The van der Waals surface area contributed by atoms with Crippen LogP contribution in [-0.2, 0) is 0 Å². The minimum atomic E-state index is -0.142. The third kappa shape index (κ3) is 2.14. The minimum Gasteiger partial charge on any atom is -0.393 e. The zero-order valence-electron chi connectivity index (χ0n) is 10.5. The molecule has 1 aliphatic carbocycles. The van der Waals surface area contributed by atoms with Gasteiger partial charge in [0.25, 0.3) is 0 Å². The van der Waals surface area contributed by atoms with E-state index >= 15 is 0 Å². The molecule has 1 aliphatic rings. The molecule has 0 bridgehead atoms. The van der Waals surface area contributed by atoms with Gasteiger partial charge in [-0.15, -0.1) is 0 Å². The van der Waals surface area contributed by atoms with Crippen LogP contribution >= 0.6 is 0 Å². The lowest BCUT2D eigenvalue weighted by Gasteiger charge is -2.34. The maximum absolute atomic E-state index is 9.81. The number of aryl methyl sites for hydroxylation is 2.